The Morgan fingerprint density at radius 3 is 1.81 bits per heavy atom. The van der Waals surface area contributed by atoms with Crippen molar-refractivity contribution in [3.63, 3.8) is 0 Å². The molecule has 0 atom stereocenters. The van der Waals surface area contributed by atoms with Crippen molar-refractivity contribution < 1.29 is 0 Å². The standard InChI is InChI=1S/C43H23N3S2/c1-2-9-25(10-3-1)41-44-42(26-19-20-28-27-13-4-5-17-35(27)47-37(28)21-26)46-43(45-41)31-16-8-18-36-40(31)34-22-32-29-14-6-11-24-12-7-15-30(39(24)29)33(32)23-38(34)48-36/h1-23H. The smallest absolute Gasteiger partial charge is 0.164 e. The molecule has 0 saturated carbocycles. The third-order valence-electron chi connectivity index (χ3n) is 9.67. The number of benzene rings is 7. The summed E-state index contributed by atoms with van der Waals surface area (Å²) in [5.74, 6) is 2.04. The third-order valence-corrected chi connectivity index (χ3v) is 11.9. The zero-order valence-electron chi connectivity index (χ0n) is 25.4. The van der Waals surface area contributed by atoms with Crippen molar-refractivity contribution >= 4 is 73.8 Å². The topological polar surface area (TPSA) is 38.7 Å². The van der Waals surface area contributed by atoms with E-state index >= 15 is 0 Å². The van der Waals surface area contributed by atoms with Crippen LogP contribution in [0.2, 0.25) is 0 Å². The van der Waals surface area contributed by atoms with Crippen LogP contribution in [-0.4, -0.2) is 15.0 Å². The van der Waals surface area contributed by atoms with Gasteiger partial charge in [0.25, 0.3) is 0 Å². The molecule has 3 aromatic heterocycles. The van der Waals surface area contributed by atoms with Crippen molar-refractivity contribution in [3.8, 4) is 56.4 Å². The summed E-state index contributed by atoms with van der Waals surface area (Å²) in [6, 6.07) is 50.0. The van der Waals surface area contributed by atoms with Crippen LogP contribution in [0.5, 0.6) is 0 Å². The number of rotatable bonds is 3. The van der Waals surface area contributed by atoms with Gasteiger partial charge in [-0.1, -0.05) is 109 Å². The van der Waals surface area contributed by atoms with Crippen molar-refractivity contribution in [1.29, 1.82) is 0 Å². The van der Waals surface area contributed by atoms with Gasteiger partial charge in [0.2, 0.25) is 0 Å². The van der Waals surface area contributed by atoms with E-state index in [0.717, 1.165) is 16.7 Å². The Bertz CT molecular complexity index is 2950. The quantitative estimate of drug-likeness (QED) is 0.192. The second kappa shape index (κ2) is 9.88. The highest BCUT2D eigenvalue weighted by atomic mass is 32.1. The van der Waals surface area contributed by atoms with Crippen LogP contribution < -0.4 is 0 Å². The number of nitrogens with zero attached hydrogens (tertiary/aromatic N) is 3. The normalized spacial score (nSPS) is 12.2. The largest absolute Gasteiger partial charge is 0.208 e. The first-order chi connectivity index (χ1) is 23.8. The number of thiophene rings is 2. The van der Waals surface area contributed by atoms with Crippen LogP contribution in [0.1, 0.15) is 0 Å². The van der Waals surface area contributed by atoms with E-state index in [2.05, 4.69) is 121 Å². The molecule has 0 saturated heterocycles. The van der Waals surface area contributed by atoms with Crippen molar-refractivity contribution in [2.75, 3.05) is 0 Å². The van der Waals surface area contributed by atoms with Crippen LogP contribution in [-0.2, 0) is 0 Å². The average Bonchev–Trinajstić information content (AvgIpc) is 3.81. The lowest BCUT2D eigenvalue weighted by molar-refractivity contribution is 1.08. The molecule has 1 aliphatic rings. The lowest BCUT2D eigenvalue weighted by Gasteiger charge is -2.10. The van der Waals surface area contributed by atoms with Crippen LogP contribution >= 0.6 is 22.7 Å². The zero-order chi connectivity index (χ0) is 31.3. The molecular formula is C43H23N3S2. The molecule has 0 spiro atoms. The van der Waals surface area contributed by atoms with Crippen LogP contribution in [0.4, 0.5) is 0 Å². The van der Waals surface area contributed by atoms with E-state index in [1.54, 1.807) is 0 Å². The Morgan fingerprint density at radius 1 is 0.333 bits per heavy atom. The molecule has 0 amide bonds. The highest BCUT2D eigenvalue weighted by Gasteiger charge is 2.24. The Kier molecular flexibility index (Phi) is 5.42. The van der Waals surface area contributed by atoms with Gasteiger partial charge in [-0.3, -0.25) is 0 Å². The van der Waals surface area contributed by atoms with Gasteiger partial charge in [0.05, 0.1) is 0 Å². The second-order valence-electron chi connectivity index (χ2n) is 12.4. The minimum Gasteiger partial charge on any atom is -0.208 e. The molecule has 0 N–H and O–H groups in total. The van der Waals surface area contributed by atoms with Gasteiger partial charge in [0, 0.05) is 57.0 Å². The van der Waals surface area contributed by atoms with E-state index in [1.807, 2.05) is 40.9 Å². The van der Waals surface area contributed by atoms with Crippen LogP contribution in [0, 0.1) is 0 Å². The molecule has 0 unspecified atom stereocenters. The van der Waals surface area contributed by atoms with E-state index in [0.29, 0.717) is 17.5 Å². The van der Waals surface area contributed by atoms with E-state index in [4.69, 9.17) is 15.0 Å². The van der Waals surface area contributed by atoms with Gasteiger partial charge in [0.1, 0.15) is 0 Å². The first-order valence-electron chi connectivity index (χ1n) is 16.0. The Labute approximate surface area is 283 Å². The molecular weight excluding hydrogens is 623 g/mol. The maximum atomic E-state index is 5.22. The molecule has 222 valence electrons. The van der Waals surface area contributed by atoms with Crippen LogP contribution in [0.3, 0.4) is 0 Å². The fourth-order valence-electron chi connectivity index (χ4n) is 7.50. The molecule has 7 aromatic carbocycles. The van der Waals surface area contributed by atoms with E-state index < -0.39 is 0 Å². The van der Waals surface area contributed by atoms with Crippen molar-refractivity contribution in [1.82, 2.24) is 15.0 Å². The molecule has 10 aromatic rings. The number of fused-ring (bicyclic) bond motifs is 9. The Balaban J connectivity index is 1.15. The monoisotopic (exact) mass is 645 g/mol. The molecule has 1 aliphatic carbocycles. The number of hydrogen-bond acceptors (Lipinski definition) is 5. The lowest BCUT2D eigenvalue weighted by atomic mass is 9.99. The lowest BCUT2D eigenvalue weighted by Crippen LogP contribution is -2.00. The summed E-state index contributed by atoms with van der Waals surface area (Å²) < 4.78 is 5.02. The van der Waals surface area contributed by atoms with E-state index in [9.17, 15) is 0 Å². The van der Waals surface area contributed by atoms with Crippen molar-refractivity contribution in [2.45, 2.75) is 0 Å². The van der Waals surface area contributed by atoms with Gasteiger partial charge in [0.15, 0.2) is 17.5 Å². The molecule has 0 bridgehead atoms. The summed E-state index contributed by atoms with van der Waals surface area (Å²) >= 11 is 3.65. The van der Waals surface area contributed by atoms with Crippen LogP contribution in [0.25, 0.3) is 108 Å². The van der Waals surface area contributed by atoms with Crippen molar-refractivity contribution in [2.24, 2.45) is 0 Å². The second-order valence-corrected chi connectivity index (χ2v) is 14.5. The Morgan fingerprint density at radius 2 is 0.958 bits per heavy atom. The summed E-state index contributed by atoms with van der Waals surface area (Å²) in [7, 11) is 0. The first-order valence-corrected chi connectivity index (χ1v) is 17.7. The molecule has 3 heterocycles. The molecule has 48 heavy (non-hydrogen) atoms. The van der Waals surface area contributed by atoms with Gasteiger partial charge in [-0.2, -0.15) is 0 Å². The van der Waals surface area contributed by atoms with Gasteiger partial charge in [-0.25, -0.2) is 15.0 Å². The third kappa shape index (κ3) is 3.77. The fourth-order valence-corrected chi connectivity index (χ4v) is 9.80. The fraction of sp³-hybridized carbons (Fsp3) is 0. The summed E-state index contributed by atoms with van der Waals surface area (Å²) in [6.45, 7) is 0. The molecule has 11 rings (SSSR count). The molecule has 5 heteroatoms. The van der Waals surface area contributed by atoms with E-state index in [-0.39, 0.29) is 0 Å². The van der Waals surface area contributed by atoms with Gasteiger partial charge >= 0.3 is 0 Å². The predicted molar refractivity (Wildman–Crippen MR) is 204 cm³/mol. The highest BCUT2D eigenvalue weighted by Crippen LogP contribution is 2.51. The van der Waals surface area contributed by atoms with Gasteiger partial charge in [-0.05, 0) is 63.4 Å². The van der Waals surface area contributed by atoms with Gasteiger partial charge < -0.3 is 0 Å². The minimum atomic E-state index is 0.673. The molecule has 3 nitrogen and oxygen atoms in total. The maximum absolute atomic E-state index is 5.22. The maximum Gasteiger partial charge on any atom is 0.164 e. The molecule has 0 fully saturated rings. The number of aromatic nitrogens is 3. The SMILES string of the molecule is c1ccc(-c2nc(-c3ccc4c(c3)sc3ccccc34)nc(-c3cccc4sc5cc6c(cc5c34)-c3cccc4cccc-6c34)n2)cc1. The highest BCUT2D eigenvalue weighted by molar-refractivity contribution is 7.26. The predicted octanol–water partition coefficient (Wildman–Crippen LogP) is 12.4. The van der Waals surface area contributed by atoms with Crippen molar-refractivity contribution in [3.05, 3.63) is 140 Å². The zero-order valence-corrected chi connectivity index (χ0v) is 27.1. The van der Waals surface area contributed by atoms with Crippen LogP contribution in [0.15, 0.2) is 140 Å². The minimum absolute atomic E-state index is 0.673. The first kappa shape index (κ1) is 26.3. The summed E-state index contributed by atoms with van der Waals surface area (Å²) in [6.07, 6.45) is 0. The molecule has 0 radical (unpaired) electrons. The Hall–Kier alpha value is -5.75. The van der Waals surface area contributed by atoms with E-state index in [1.165, 1.54) is 73.4 Å². The number of hydrogen-bond donors (Lipinski definition) is 0. The molecule has 0 aliphatic heterocycles. The van der Waals surface area contributed by atoms with Gasteiger partial charge in [-0.15, -0.1) is 22.7 Å². The summed E-state index contributed by atoms with van der Waals surface area (Å²) in [5.41, 5.74) is 8.22. The summed E-state index contributed by atoms with van der Waals surface area (Å²) in [5, 5.41) is 7.62. The average molecular weight is 646 g/mol. The summed E-state index contributed by atoms with van der Waals surface area (Å²) in [4.78, 5) is 15.4.